The standard InChI is InChI=1S/C11H18N2O/c1-6(2)10(13)9-5-8(12)4-7(3)11(9)14/h4-6,10,14H,12-13H2,1-3H3. The molecule has 0 aromatic heterocycles. The van der Waals surface area contributed by atoms with E-state index in [2.05, 4.69) is 0 Å². The molecule has 0 bridgehead atoms. The molecule has 5 N–H and O–H groups in total. The number of nitrogen functional groups attached to an aromatic ring is 1. The minimum atomic E-state index is -0.169. The predicted octanol–water partition coefficient (Wildman–Crippen LogP) is 1.94. The molecule has 0 aliphatic heterocycles. The molecule has 1 unspecified atom stereocenters. The number of anilines is 1. The minimum absolute atomic E-state index is 0.169. The molecule has 0 fully saturated rings. The Balaban J connectivity index is 3.20. The van der Waals surface area contributed by atoms with E-state index in [1.165, 1.54) is 0 Å². The zero-order chi connectivity index (χ0) is 10.9. The normalized spacial score (nSPS) is 13.2. The average Bonchev–Trinajstić information content (AvgIpc) is 2.09. The smallest absolute Gasteiger partial charge is 0.123 e. The van der Waals surface area contributed by atoms with Crippen LogP contribution < -0.4 is 11.5 Å². The maximum Gasteiger partial charge on any atom is 0.123 e. The minimum Gasteiger partial charge on any atom is -0.507 e. The third kappa shape index (κ3) is 1.99. The lowest BCUT2D eigenvalue weighted by molar-refractivity contribution is 0.437. The number of phenolic OH excluding ortho intramolecular Hbond substituents is 1. The summed E-state index contributed by atoms with van der Waals surface area (Å²) in [5.41, 5.74) is 13.8. The summed E-state index contributed by atoms with van der Waals surface area (Å²) in [6.07, 6.45) is 0. The van der Waals surface area contributed by atoms with Crippen LogP contribution in [0.15, 0.2) is 12.1 Å². The first-order valence-electron chi connectivity index (χ1n) is 4.78. The van der Waals surface area contributed by atoms with Crippen LogP contribution in [0.3, 0.4) is 0 Å². The summed E-state index contributed by atoms with van der Waals surface area (Å²) in [4.78, 5) is 0. The van der Waals surface area contributed by atoms with E-state index in [4.69, 9.17) is 11.5 Å². The van der Waals surface area contributed by atoms with E-state index in [9.17, 15) is 5.11 Å². The highest BCUT2D eigenvalue weighted by molar-refractivity contribution is 5.53. The van der Waals surface area contributed by atoms with Crippen LogP contribution in [0.4, 0.5) is 5.69 Å². The highest BCUT2D eigenvalue weighted by Crippen LogP contribution is 2.32. The monoisotopic (exact) mass is 194 g/mol. The molecule has 0 aliphatic carbocycles. The number of aryl methyl sites for hydroxylation is 1. The lowest BCUT2D eigenvalue weighted by Crippen LogP contribution is -2.17. The molecule has 0 aliphatic rings. The van der Waals surface area contributed by atoms with Gasteiger partial charge in [0.25, 0.3) is 0 Å². The van der Waals surface area contributed by atoms with Gasteiger partial charge in [-0.15, -0.1) is 0 Å². The summed E-state index contributed by atoms with van der Waals surface area (Å²) in [5, 5.41) is 9.81. The van der Waals surface area contributed by atoms with Gasteiger partial charge in [-0.2, -0.15) is 0 Å². The van der Waals surface area contributed by atoms with Crippen molar-refractivity contribution in [1.29, 1.82) is 0 Å². The van der Waals surface area contributed by atoms with Gasteiger partial charge < -0.3 is 16.6 Å². The number of benzene rings is 1. The maximum atomic E-state index is 9.81. The fourth-order valence-corrected chi connectivity index (χ4v) is 1.45. The van der Waals surface area contributed by atoms with Crippen LogP contribution in [0.25, 0.3) is 0 Å². The van der Waals surface area contributed by atoms with Gasteiger partial charge in [-0.25, -0.2) is 0 Å². The van der Waals surface area contributed by atoms with Crippen LogP contribution in [0.2, 0.25) is 0 Å². The topological polar surface area (TPSA) is 72.3 Å². The van der Waals surface area contributed by atoms with Crippen LogP contribution in [0, 0.1) is 12.8 Å². The van der Waals surface area contributed by atoms with E-state index in [0.717, 1.165) is 11.1 Å². The lowest BCUT2D eigenvalue weighted by atomic mass is 9.94. The van der Waals surface area contributed by atoms with Gasteiger partial charge in [-0.1, -0.05) is 13.8 Å². The molecule has 3 nitrogen and oxygen atoms in total. The molecule has 0 saturated heterocycles. The first kappa shape index (κ1) is 10.9. The Labute approximate surface area is 84.7 Å². The number of hydrogen-bond acceptors (Lipinski definition) is 3. The van der Waals surface area contributed by atoms with Crippen molar-refractivity contribution in [3.8, 4) is 5.75 Å². The molecule has 0 amide bonds. The molecule has 0 spiro atoms. The molecular formula is C11H18N2O. The summed E-state index contributed by atoms with van der Waals surface area (Å²) in [7, 11) is 0. The Bertz CT molecular complexity index is 334. The van der Waals surface area contributed by atoms with E-state index < -0.39 is 0 Å². The molecule has 1 aromatic carbocycles. The molecule has 0 radical (unpaired) electrons. The number of phenols is 1. The Morgan fingerprint density at radius 2 is 1.86 bits per heavy atom. The highest BCUT2D eigenvalue weighted by Gasteiger charge is 2.16. The Kier molecular flexibility index (Phi) is 3.01. The predicted molar refractivity (Wildman–Crippen MR) is 59.0 cm³/mol. The van der Waals surface area contributed by atoms with Crippen LogP contribution >= 0.6 is 0 Å². The number of aromatic hydroxyl groups is 1. The largest absolute Gasteiger partial charge is 0.507 e. The van der Waals surface area contributed by atoms with E-state index in [1.807, 2.05) is 20.8 Å². The van der Waals surface area contributed by atoms with Gasteiger partial charge in [0.2, 0.25) is 0 Å². The van der Waals surface area contributed by atoms with E-state index in [0.29, 0.717) is 5.69 Å². The van der Waals surface area contributed by atoms with Gasteiger partial charge in [0.15, 0.2) is 0 Å². The number of nitrogens with two attached hydrogens (primary N) is 2. The average molecular weight is 194 g/mol. The molecule has 0 heterocycles. The van der Waals surface area contributed by atoms with Crippen molar-refractivity contribution in [2.24, 2.45) is 11.7 Å². The SMILES string of the molecule is Cc1cc(N)cc(C(N)C(C)C)c1O. The Morgan fingerprint density at radius 1 is 1.29 bits per heavy atom. The number of rotatable bonds is 2. The molecular weight excluding hydrogens is 176 g/mol. The molecule has 1 atom stereocenters. The molecule has 1 aromatic rings. The van der Waals surface area contributed by atoms with Crippen LogP contribution in [-0.2, 0) is 0 Å². The fourth-order valence-electron chi connectivity index (χ4n) is 1.45. The molecule has 1 rings (SSSR count). The summed E-state index contributed by atoms with van der Waals surface area (Å²) < 4.78 is 0. The quantitative estimate of drug-likeness (QED) is 0.497. The summed E-state index contributed by atoms with van der Waals surface area (Å²) in [6.45, 7) is 5.85. The van der Waals surface area contributed by atoms with Crippen molar-refractivity contribution in [1.82, 2.24) is 0 Å². The van der Waals surface area contributed by atoms with E-state index in [-0.39, 0.29) is 17.7 Å². The van der Waals surface area contributed by atoms with Crippen LogP contribution in [-0.4, -0.2) is 5.11 Å². The second-order valence-corrected chi connectivity index (χ2v) is 4.05. The van der Waals surface area contributed by atoms with Crippen LogP contribution in [0.1, 0.15) is 31.0 Å². The molecule has 14 heavy (non-hydrogen) atoms. The third-order valence-electron chi connectivity index (χ3n) is 2.43. The third-order valence-corrected chi connectivity index (χ3v) is 2.43. The van der Waals surface area contributed by atoms with Gasteiger partial charge in [0, 0.05) is 17.3 Å². The summed E-state index contributed by atoms with van der Waals surface area (Å²) >= 11 is 0. The highest BCUT2D eigenvalue weighted by atomic mass is 16.3. The van der Waals surface area contributed by atoms with Gasteiger partial charge in [-0.05, 0) is 30.5 Å². The van der Waals surface area contributed by atoms with Crippen molar-refractivity contribution >= 4 is 5.69 Å². The number of hydrogen-bond donors (Lipinski definition) is 3. The van der Waals surface area contributed by atoms with Crippen molar-refractivity contribution in [2.75, 3.05) is 5.73 Å². The van der Waals surface area contributed by atoms with Crippen molar-refractivity contribution < 1.29 is 5.11 Å². The van der Waals surface area contributed by atoms with Crippen molar-refractivity contribution in [3.63, 3.8) is 0 Å². The fraction of sp³-hybridized carbons (Fsp3) is 0.455. The zero-order valence-corrected chi connectivity index (χ0v) is 8.91. The lowest BCUT2D eigenvalue weighted by Gasteiger charge is -2.18. The first-order chi connectivity index (χ1) is 6.43. The molecule has 0 saturated carbocycles. The van der Waals surface area contributed by atoms with Gasteiger partial charge in [0.1, 0.15) is 5.75 Å². The second kappa shape index (κ2) is 3.88. The van der Waals surface area contributed by atoms with Gasteiger partial charge in [-0.3, -0.25) is 0 Å². The van der Waals surface area contributed by atoms with E-state index in [1.54, 1.807) is 12.1 Å². The van der Waals surface area contributed by atoms with Crippen molar-refractivity contribution in [3.05, 3.63) is 23.3 Å². The zero-order valence-electron chi connectivity index (χ0n) is 8.91. The molecule has 3 heteroatoms. The summed E-state index contributed by atoms with van der Waals surface area (Å²) in [5.74, 6) is 0.544. The Morgan fingerprint density at radius 3 is 2.36 bits per heavy atom. The summed E-state index contributed by atoms with van der Waals surface area (Å²) in [6, 6.07) is 3.32. The molecule has 78 valence electrons. The van der Waals surface area contributed by atoms with Gasteiger partial charge >= 0.3 is 0 Å². The second-order valence-electron chi connectivity index (χ2n) is 4.05. The van der Waals surface area contributed by atoms with Crippen molar-refractivity contribution in [2.45, 2.75) is 26.8 Å². The van der Waals surface area contributed by atoms with Gasteiger partial charge in [0.05, 0.1) is 0 Å². The maximum absolute atomic E-state index is 9.81. The first-order valence-corrected chi connectivity index (χ1v) is 4.78. The Hall–Kier alpha value is -1.22. The van der Waals surface area contributed by atoms with Crippen LogP contribution in [0.5, 0.6) is 5.75 Å². The van der Waals surface area contributed by atoms with E-state index >= 15 is 0 Å².